The Morgan fingerprint density at radius 3 is 2.27 bits per heavy atom. The number of nitrogens with one attached hydrogen (secondary N) is 1. The number of aliphatic carboxylic acids is 1. The molecule has 4 nitrogen and oxygen atoms in total. The van der Waals surface area contributed by atoms with E-state index >= 15 is 0 Å². The predicted octanol–water partition coefficient (Wildman–Crippen LogP) is 2.18. The van der Waals surface area contributed by atoms with E-state index in [1.165, 1.54) is 0 Å². The van der Waals surface area contributed by atoms with Crippen LogP contribution in [-0.2, 0) is 17.6 Å². The van der Waals surface area contributed by atoms with Crippen molar-refractivity contribution >= 4 is 5.97 Å². The number of carboxylic acids is 1. The highest BCUT2D eigenvalue weighted by Crippen LogP contribution is 2.10. The molecule has 1 atom stereocenters. The van der Waals surface area contributed by atoms with Crippen LogP contribution in [0.15, 0.2) is 54.6 Å². The molecular weight excluding hydrogens is 278 g/mol. The minimum atomic E-state index is -0.815. The second kappa shape index (κ2) is 8.32. The zero-order chi connectivity index (χ0) is 15.8. The Morgan fingerprint density at radius 1 is 1.00 bits per heavy atom. The summed E-state index contributed by atoms with van der Waals surface area (Å²) in [5.74, 6) is -0.815. The molecule has 0 spiro atoms. The number of hydrogen-bond donors (Lipinski definition) is 3. The summed E-state index contributed by atoms with van der Waals surface area (Å²) in [5.41, 5.74) is 2.87. The first-order valence-electron chi connectivity index (χ1n) is 7.38. The lowest BCUT2D eigenvalue weighted by Crippen LogP contribution is -2.23. The molecule has 0 unspecified atom stereocenters. The van der Waals surface area contributed by atoms with Crippen molar-refractivity contribution in [3.8, 4) is 0 Å². The molecule has 2 rings (SSSR count). The molecule has 0 aromatic heterocycles. The molecule has 0 amide bonds. The van der Waals surface area contributed by atoms with Gasteiger partial charge in [0.1, 0.15) is 0 Å². The van der Waals surface area contributed by atoms with E-state index in [0.29, 0.717) is 6.54 Å². The molecule has 0 saturated carbocycles. The first-order valence-corrected chi connectivity index (χ1v) is 7.38. The van der Waals surface area contributed by atoms with Crippen LogP contribution in [0.3, 0.4) is 0 Å². The zero-order valence-corrected chi connectivity index (χ0v) is 12.4. The Balaban J connectivity index is 1.71. The van der Waals surface area contributed by atoms with Gasteiger partial charge in [-0.1, -0.05) is 54.6 Å². The third-order valence-electron chi connectivity index (χ3n) is 3.49. The van der Waals surface area contributed by atoms with Crippen molar-refractivity contribution in [2.75, 3.05) is 13.1 Å². The zero-order valence-electron chi connectivity index (χ0n) is 12.4. The lowest BCUT2D eigenvalue weighted by atomic mass is 10.1. The Morgan fingerprint density at radius 2 is 1.64 bits per heavy atom. The highest BCUT2D eigenvalue weighted by Gasteiger charge is 2.05. The van der Waals surface area contributed by atoms with Crippen LogP contribution in [0, 0.1) is 0 Å². The van der Waals surface area contributed by atoms with Gasteiger partial charge in [-0.2, -0.15) is 0 Å². The Bertz CT molecular complexity index is 581. The molecule has 0 aliphatic carbocycles. The largest absolute Gasteiger partial charge is 0.481 e. The van der Waals surface area contributed by atoms with Gasteiger partial charge < -0.3 is 15.5 Å². The highest BCUT2D eigenvalue weighted by molar-refractivity contribution is 5.70. The van der Waals surface area contributed by atoms with Gasteiger partial charge in [0.15, 0.2) is 0 Å². The van der Waals surface area contributed by atoms with Crippen molar-refractivity contribution in [2.45, 2.75) is 18.9 Å². The van der Waals surface area contributed by atoms with E-state index < -0.39 is 12.1 Å². The Labute approximate surface area is 130 Å². The van der Waals surface area contributed by atoms with Crippen LogP contribution in [0.1, 0.15) is 22.8 Å². The van der Waals surface area contributed by atoms with Crippen LogP contribution >= 0.6 is 0 Å². The normalized spacial score (nSPS) is 12.0. The van der Waals surface area contributed by atoms with E-state index in [4.69, 9.17) is 5.11 Å². The third-order valence-corrected chi connectivity index (χ3v) is 3.49. The van der Waals surface area contributed by atoms with Crippen molar-refractivity contribution in [3.05, 3.63) is 71.3 Å². The summed E-state index contributed by atoms with van der Waals surface area (Å²) in [4.78, 5) is 10.6. The molecule has 2 aromatic rings. The minimum absolute atomic E-state index is 0.0573. The van der Waals surface area contributed by atoms with Crippen LogP contribution in [0.4, 0.5) is 0 Å². The van der Waals surface area contributed by atoms with Gasteiger partial charge >= 0.3 is 5.97 Å². The average molecular weight is 299 g/mol. The monoisotopic (exact) mass is 299 g/mol. The number of hydrogen-bond acceptors (Lipinski definition) is 3. The minimum Gasteiger partial charge on any atom is -0.481 e. The quantitative estimate of drug-likeness (QED) is 0.654. The van der Waals surface area contributed by atoms with Crippen molar-refractivity contribution in [1.82, 2.24) is 5.32 Å². The molecule has 0 aliphatic rings. The lowest BCUT2D eigenvalue weighted by molar-refractivity contribution is -0.136. The smallest absolute Gasteiger partial charge is 0.307 e. The lowest BCUT2D eigenvalue weighted by Gasteiger charge is -2.12. The number of rotatable bonds is 8. The van der Waals surface area contributed by atoms with E-state index in [9.17, 15) is 9.90 Å². The molecule has 0 bridgehead atoms. The van der Waals surface area contributed by atoms with Crippen molar-refractivity contribution in [2.24, 2.45) is 0 Å². The molecule has 116 valence electrons. The van der Waals surface area contributed by atoms with Crippen LogP contribution in [0.5, 0.6) is 0 Å². The molecule has 0 saturated heterocycles. The number of carboxylic acid groups (broad SMARTS) is 1. The number of aliphatic hydroxyl groups is 1. The van der Waals surface area contributed by atoms with Crippen LogP contribution < -0.4 is 5.32 Å². The SMILES string of the molecule is O=C(O)Cc1ccc(CCNC[C@H](O)c2ccccc2)cc1. The van der Waals surface area contributed by atoms with Gasteiger partial charge in [0.05, 0.1) is 12.5 Å². The van der Waals surface area contributed by atoms with Gasteiger partial charge in [0, 0.05) is 6.54 Å². The van der Waals surface area contributed by atoms with Gasteiger partial charge in [0.25, 0.3) is 0 Å². The maximum Gasteiger partial charge on any atom is 0.307 e. The molecule has 0 heterocycles. The second-order valence-corrected chi connectivity index (χ2v) is 5.27. The van der Waals surface area contributed by atoms with Crippen LogP contribution in [-0.4, -0.2) is 29.3 Å². The summed E-state index contributed by atoms with van der Waals surface area (Å²) < 4.78 is 0. The second-order valence-electron chi connectivity index (χ2n) is 5.27. The third kappa shape index (κ3) is 5.31. The maximum absolute atomic E-state index is 10.6. The van der Waals surface area contributed by atoms with Crippen LogP contribution in [0.2, 0.25) is 0 Å². The van der Waals surface area contributed by atoms with Crippen molar-refractivity contribution in [3.63, 3.8) is 0 Å². The van der Waals surface area contributed by atoms with E-state index in [0.717, 1.165) is 29.7 Å². The predicted molar refractivity (Wildman–Crippen MR) is 85.8 cm³/mol. The summed E-state index contributed by atoms with van der Waals surface area (Å²) >= 11 is 0. The molecule has 2 aromatic carbocycles. The molecule has 0 fully saturated rings. The summed E-state index contributed by atoms with van der Waals surface area (Å²) in [7, 11) is 0. The molecule has 22 heavy (non-hydrogen) atoms. The standard InChI is InChI=1S/C18H21NO3/c20-17(16-4-2-1-3-5-16)13-19-11-10-14-6-8-15(9-7-14)12-18(21)22/h1-9,17,19-20H,10-13H2,(H,21,22)/t17-/m0/s1. The van der Waals surface area contributed by atoms with Crippen molar-refractivity contribution in [1.29, 1.82) is 0 Å². The van der Waals surface area contributed by atoms with E-state index in [1.807, 2.05) is 54.6 Å². The first-order chi connectivity index (χ1) is 10.6. The average Bonchev–Trinajstić information content (AvgIpc) is 2.53. The van der Waals surface area contributed by atoms with Gasteiger partial charge in [-0.3, -0.25) is 4.79 Å². The van der Waals surface area contributed by atoms with Gasteiger partial charge in [-0.25, -0.2) is 0 Å². The molecule has 0 aliphatic heterocycles. The molecule has 3 N–H and O–H groups in total. The van der Waals surface area contributed by atoms with Gasteiger partial charge in [-0.15, -0.1) is 0 Å². The molecular formula is C18H21NO3. The highest BCUT2D eigenvalue weighted by atomic mass is 16.4. The summed E-state index contributed by atoms with van der Waals surface area (Å²) in [6, 6.07) is 17.2. The molecule has 0 radical (unpaired) electrons. The molecule has 4 heteroatoms. The topological polar surface area (TPSA) is 69.6 Å². The summed E-state index contributed by atoms with van der Waals surface area (Å²) in [6.45, 7) is 1.28. The summed E-state index contributed by atoms with van der Waals surface area (Å²) in [5, 5.41) is 22.0. The van der Waals surface area contributed by atoms with E-state index in [2.05, 4.69) is 5.32 Å². The van der Waals surface area contributed by atoms with E-state index in [1.54, 1.807) is 0 Å². The Kier molecular flexibility index (Phi) is 6.13. The van der Waals surface area contributed by atoms with E-state index in [-0.39, 0.29) is 6.42 Å². The van der Waals surface area contributed by atoms with Gasteiger partial charge in [0.2, 0.25) is 0 Å². The first kappa shape index (κ1) is 16.2. The van der Waals surface area contributed by atoms with Crippen molar-refractivity contribution < 1.29 is 15.0 Å². The fourth-order valence-corrected chi connectivity index (χ4v) is 2.26. The summed E-state index contributed by atoms with van der Waals surface area (Å²) in [6.07, 6.45) is 0.399. The maximum atomic E-state index is 10.6. The van der Waals surface area contributed by atoms with Gasteiger partial charge in [-0.05, 0) is 29.7 Å². The Hall–Kier alpha value is -2.17. The number of aliphatic hydroxyl groups excluding tert-OH is 1. The fraction of sp³-hybridized carbons (Fsp3) is 0.278. The fourth-order valence-electron chi connectivity index (χ4n) is 2.26. The number of carbonyl (C=O) groups is 1. The number of benzene rings is 2. The van der Waals surface area contributed by atoms with Crippen LogP contribution in [0.25, 0.3) is 0 Å².